The molecule has 0 N–H and O–H groups in total. The van der Waals surface area contributed by atoms with Gasteiger partial charge in [-0.2, -0.15) is 0 Å². The van der Waals surface area contributed by atoms with Crippen LogP contribution in [0.4, 0.5) is 0 Å². The lowest BCUT2D eigenvalue weighted by Crippen LogP contribution is -2.21. The first-order valence-electron chi connectivity index (χ1n) is 8.05. The third kappa shape index (κ3) is 4.53. The number of ether oxygens (including phenoxy) is 2. The van der Waals surface area contributed by atoms with E-state index < -0.39 is 11.9 Å². The molecule has 1 unspecified atom stereocenters. The number of Topliss-reactive ketones (excluding diaryl/α,β-unsaturated/α-hetero) is 1. The van der Waals surface area contributed by atoms with Crippen molar-refractivity contribution in [3.8, 4) is 0 Å². The Morgan fingerprint density at radius 2 is 2.00 bits per heavy atom. The number of aromatic nitrogens is 1. The lowest BCUT2D eigenvalue weighted by Gasteiger charge is -2.19. The Morgan fingerprint density at radius 1 is 1.25 bits per heavy atom. The van der Waals surface area contributed by atoms with Crippen LogP contribution in [0.1, 0.15) is 55.9 Å². The highest BCUT2D eigenvalue weighted by molar-refractivity contribution is 5.97. The van der Waals surface area contributed by atoms with Gasteiger partial charge in [-0.15, -0.1) is 0 Å². The third-order valence-electron chi connectivity index (χ3n) is 3.75. The van der Waals surface area contributed by atoms with Crippen LogP contribution in [0.3, 0.4) is 0 Å². The second kappa shape index (κ2) is 8.42. The van der Waals surface area contributed by atoms with Crippen LogP contribution in [0.25, 0.3) is 5.57 Å². The number of ketones is 1. The molecule has 1 heterocycles. The maximum Gasteiger partial charge on any atom is 0.360 e. The van der Waals surface area contributed by atoms with Crippen LogP contribution in [0.2, 0.25) is 0 Å². The second-order valence-corrected chi connectivity index (χ2v) is 5.41. The van der Waals surface area contributed by atoms with Gasteiger partial charge in [0.25, 0.3) is 0 Å². The number of oxazole rings is 1. The molecule has 0 amide bonds. The zero-order valence-electron chi connectivity index (χ0n) is 13.9. The van der Waals surface area contributed by atoms with E-state index in [-0.39, 0.29) is 37.0 Å². The number of allylic oxidation sites excluding steroid dienone is 2. The maximum absolute atomic E-state index is 12.1. The minimum atomic E-state index is -0.522. The number of hydrogen-bond donors (Lipinski definition) is 0. The molecule has 1 aromatic rings. The van der Waals surface area contributed by atoms with Gasteiger partial charge in [-0.25, -0.2) is 9.78 Å². The molecule has 24 heavy (non-hydrogen) atoms. The van der Waals surface area contributed by atoms with Gasteiger partial charge < -0.3 is 13.9 Å². The van der Waals surface area contributed by atoms with Crippen molar-refractivity contribution < 1.29 is 28.3 Å². The molecule has 1 atom stereocenters. The molecule has 1 aliphatic carbocycles. The molecule has 1 aromatic heterocycles. The average molecular weight is 335 g/mol. The van der Waals surface area contributed by atoms with Gasteiger partial charge in [0.2, 0.25) is 5.89 Å². The number of carbonyl (C=O) groups excluding carboxylic acids is 3. The summed E-state index contributed by atoms with van der Waals surface area (Å²) in [4.78, 5) is 39.1. The second-order valence-electron chi connectivity index (χ2n) is 5.41. The van der Waals surface area contributed by atoms with E-state index >= 15 is 0 Å². The lowest BCUT2D eigenvalue weighted by molar-refractivity contribution is -0.146. The van der Waals surface area contributed by atoms with Gasteiger partial charge in [-0.3, -0.25) is 9.59 Å². The van der Waals surface area contributed by atoms with E-state index in [2.05, 4.69) is 4.98 Å². The molecule has 7 heteroatoms. The predicted octanol–water partition coefficient (Wildman–Crippen LogP) is 2.56. The molecule has 0 saturated carbocycles. The summed E-state index contributed by atoms with van der Waals surface area (Å²) in [6, 6.07) is 0. The van der Waals surface area contributed by atoms with E-state index in [1.165, 1.54) is 6.26 Å². The Balaban J connectivity index is 1.94. The van der Waals surface area contributed by atoms with Crippen LogP contribution in [0.15, 0.2) is 16.8 Å². The molecular formula is C17H21NO6. The van der Waals surface area contributed by atoms with Crippen molar-refractivity contribution in [2.24, 2.45) is 5.92 Å². The summed E-state index contributed by atoms with van der Waals surface area (Å²) in [6.07, 6.45) is 4.69. The van der Waals surface area contributed by atoms with Crippen molar-refractivity contribution in [1.82, 2.24) is 4.98 Å². The summed E-state index contributed by atoms with van der Waals surface area (Å²) >= 11 is 0. The molecular weight excluding hydrogens is 314 g/mol. The number of nitrogens with zero attached hydrogens (tertiary/aromatic N) is 1. The zero-order chi connectivity index (χ0) is 17.5. The minimum Gasteiger partial charge on any atom is -0.466 e. The quantitative estimate of drug-likeness (QED) is 0.558. The first kappa shape index (κ1) is 17.9. The van der Waals surface area contributed by atoms with Gasteiger partial charge in [-0.1, -0.05) is 6.08 Å². The highest BCUT2D eigenvalue weighted by Gasteiger charge is 2.26. The van der Waals surface area contributed by atoms with Crippen molar-refractivity contribution >= 4 is 23.3 Å². The average Bonchev–Trinajstić information content (AvgIpc) is 3.05. The molecule has 1 aliphatic rings. The monoisotopic (exact) mass is 335 g/mol. The Labute approximate surface area is 140 Å². The van der Waals surface area contributed by atoms with Gasteiger partial charge in [0.1, 0.15) is 18.5 Å². The van der Waals surface area contributed by atoms with Crippen LogP contribution in [-0.4, -0.2) is 35.9 Å². The Kier molecular flexibility index (Phi) is 6.28. The Bertz CT molecular complexity index is 645. The number of rotatable bonds is 7. The highest BCUT2D eigenvalue weighted by atomic mass is 16.5. The summed E-state index contributed by atoms with van der Waals surface area (Å²) in [6.45, 7) is 3.97. The molecule has 2 rings (SSSR count). The van der Waals surface area contributed by atoms with Gasteiger partial charge in [0.05, 0.1) is 13.2 Å². The van der Waals surface area contributed by atoms with E-state index in [9.17, 15) is 14.4 Å². The summed E-state index contributed by atoms with van der Waals surface area (Å²) < 4.78 is 15.0. The standard InChI is InChI=1S/C17H21NO6/c1-3-22-15(20)9-14(19)11-5-7-12(8-6-11)16-18-13(10-24-16)17(21)23-4-2/h7,10-11H,3-6,8-9H2,1-2H3. The normalized spacial score (nSPS) is 17.1. The molecule has 0 aromatic carbocycles. The van der Waals surface area contributed by atoms with Crippen LogP contribution >= 0.6 is 0 Å². The number of esters is 2. The van der Waals surface area contributed by atoms with Crippen LogP contribution in [0, 0.1) is 5.92 Å². The zero-order valence-corrected chi connectivity index (χ0v) is 13.9. The summed E-state index contributed by atoms with van der Waals surface area (Å²) in [5.41, 5.74) is 0.985. The van der Waals surface area contributed by atoms with E-state index in [1.807, 2.05) is 6.08 Å². The van der Waals surface area contributed by atoms with Crippen molar-refractivity contribution in [1.29, 1.82) is 0 Å². The highest BCUT2D eigenvalue weighted by Crippen LogP contribution is 2.31. The molecule has 0 spiro atoms. The molecule has 130 valence electrons. The van der Waals surface area contributed by atoms with E-state index in [0.29, 0.717) is 25.2 Å². The molecule has 0 saturated heterocycles. The van der Waals surface area contributed by atoms with E-state index in [1.54, 1.807) is 13.8 Å². The van der Waals surface area contributed by atoms with Crippen LogP contribution < -0.4 is 0 Å². The number of hydrogen-bond acceptors (Lipinski definition) is 7. The van der Waals surface area contributed by atoms with Crippen LogP contribution in [0.5, 0.6) is 0 Å². The SMILES string of the molecule is CCOC(=O)CC(=O)C1CC=C(c2nc(C(=O)OCC)co2)CC1. The van der Waals surface area contributed by atoms with Gasteiger partial charge in [-0.05, 0) is 33.1 Å². The fraction of sp³-hybridized carbons (Fsp3) is 0.529. The topological polar surface area (TPSA) is 95.7 Å². The minimum absolute atomic E-state index is 0.108. The predicted molar refractivity (Wildman–Crippen MR) is 84.0 cm³/mol. The lowest BCUT2D eigenvalue weighted by atomic mass is 9.85. The van der Waals surface area contributed by atoms with Crippen molar-refractivity contribution in [3.63, 3.8) is 0 Å². The first-order valence-corrected chi connectivity index (χ1v) is 8.05. The third-order valence-corrected chi connectivity index (χ3v) is 3.75. The van der Waals surface area contributed by atoms with E-state index in [0.717, 1.165) is 5.57 Å². The smallest absolute Gasteiger partial charge is 0.360 e. The first-order chi connectivity index (χ1) is 11.5. The van der Waals surface area contributed by atoms with E-state index in [4.69, 9.17) is 13.9 Å². The van der Waals surface area contributed by atoms with Gasteiger partial charge in [0, 0.05) is 11.5 Å². The molecule has 0 radical (unpaired) electrons. The Hall–Kier alpha value is -2.44. The van der Waals surface area contributed by atoms with Crippen molar-refractivity contribution in [3.05, 3.63) is 23.9 Å². The largest absolute Gasteiger partial charge is 0.466 e. The molecule has 7 nitrogen and oxygen atoms in total. The molecule has 0 aliphatic heterocycles. The Morgan fingerprint density at radius 3 is 2.62 bits per heavy atom. The summed E-state index contributed by atoms with van der Waals surface area (Å²) in [5.74, 6) is -0.939. The fourth-order valence-corrected chi connectivity index (χ4v) is 2.54. The maximum atomic E-state index is 12.1. The molecule has 0 fully saturated rings. The van der Waals surface area contributed by atoms with Gasteiger partial charge in [0.15, 0.2) is 5.69 Å². The van der Waals surface area contributed by atoms with Crippen molar-refractivity contribution in [2.75, 3.05) is 13.2 Å². The van der Waals surface area contributed by atoms with Crippen molar-refractivity contribution in [2.45, 2.75) is 39.5 Å². The molecule has 0 bridgehead atoms. The van der Waals surface area contributed by atoms with Crippen LogP contribution in [-0.2, 0) is 19.1 Å². The fourth-order valence-electron chi connectivity index (χ4n) is 2.54. The number of carbonyl (C=O) groups is 3. The van der Waals surface area contributed by atoms with Gasteiger partial charge >= 0.3 is 11.9 Å². The summed E-state index contributed by atoms with van der Waals surface area (Å²) in [5, 5.41) is 0. The summed E-state index contributed by atoms with van der Waals surface area (Å²) in [7, 11) is 0.